The first-order valence-electron chi connectivity index (χ1n) is 28.7. The fourth-order valence-electron chi connectivity index (χ4n) is 10.8. The van der Waals surface area contributed by atoms with Gasteiger partial charge >= 0.3 is 12.1 Å². The molecule has 0 spiro atoms. The predicted molar refractivity (Wildman–Crippen MR) is 339 cm³/mol. The van der Waals surface area contributed by atoms with E-state index in [2.05, 4.69) is 46.9 Å². The Balaban J connectivity index is 0.991. The van der Waals surface area contributed by atoms with Gasteiger partial charge in [0.15, 0.2) is 22.6 Å². The Morgan fingerprint density at radius 2 is 0.685 bits per heavy atom. The number of esters is 1. The van der Waals surface area contributed by atoms with Gasteiger partial charge in [0.25, 0.3) is 17.7 Å². The first-order chi connectivity index (χ1) is 43.3. The Morgan fingerprint density at radius 1 is 0.424 bits per heavy atom. The zero-order valence-corrected chi connectivity index (χ0v) is 51.6. The van der Waals surface area contributed by atoms with Gasteiger partial charge in [-0.15, -0.1) is 0 Å². The van der Waals surface area contributed by atoms with Crippen LogP contribution in [0.3, 0.4) is 0 Å². The van der Waals surface area contributed by atoms with E-state index in [1.165, 1.54) is 115 Å². The fraction of sp³-hybridized carbons (Fsp3) is 0.258. The molecule has 0 radical (unpaired) electrons. The van der Waals surface area contributed by atoms with Crippen LogP contribution in [0, 0.1) is 20.8 Å². The number of aromatic amines is 3. The molecular weight excluding hydrogens is 1190 g/mol. The molecule has 0 aliphatic heterocycles. The first-order valence-corrected chi connectivity index (χ1v) is 28.7. The minimum atomic E-state index is -5.58. The minimum absolute atomic E-state index is 0.0406. The molecule has 3 atom stereocenters. The highest BCUT2D eigenvalue weighted by molar-refractivity contribution is 6.03. The Bertz CT molecular complexity index is 3930. The van der Waals surface area contributed by atoms with Crippen LogP contribution in [0.1, 0.15) is 71.2 Å². The van der Waals surface area contributed by atoms with Crippen molar-refractivity contribution in [3.63, 3.8) is 0 Å². The quantitative estimate of drug-likeness (QED) is 0.0179. The minimum Gasteiger partial charge on any atom is -0.497 e. The molecule has 23 nitrogen and oxygen atoms in total. The molecule has 9 aromatic rings. The van der Waals surface area contributed by atoms with Crippen molar-refractivity contribution in [3.05, 3.63) is 178 Å². The van der Waals surface area contributed by atoms with Gasteiger partial charge in [0.1, 0.15) is 17.2 Å². The van der Waals surface area contributed by atoms with Gasteiger partial charge in [-0.1, -0.05) is 36.4 Å². The number of aromatic nitrogens is 3. The number of carbonyl (C=O) groups excluding carboxylic acids is 7. The second-order valence-corrected chi connectivity index (χ2v) is 22.9. The summed E-state index contributed by atoms with van der Waals surface area (Å²) in [5, 5.41) is 17.7. The Morgan fingerprint density at radius 3 is 0.924 bits per heavy atom. The van der Waals surface area contributed by atoms with Crippen LogP contribution in [0.25, 0.3) is 32.7 Å². The van der Waals surface area contributed by atoms with E-state index >= 15 is 0 Å². The van der Waals surface area contributed by atoms with Gasteiger partial charge in [-0.05, 0) is 149 Å². The molecule has 3 heterocycles. The Labute approximate surface area is 525 Å². The number of nitrogens with two attached hydrogens (primary N) is 3. The molecule has 0 aliphatic rings. The predicted octanol–water partition coefficient (Wildman–Crippen LogP) is 7.40. The van der Waals surface area contributed by atoms with Gasteiger partial charge in [0.2, 0.25) is 17.7 Å². The molecule has 92 heavy (non-hydrogen) atoms. The largest absolute Gasteiger partial charge is 0.497 e. The molecule has 0 unspecified atom stereocenters. The number of hydrogen-bond acceptors (Lipinski definition) is 14. The molecular formula is C66H69F3N12O11. The second-order valence-electron chi connectivity index (χ2n) is 22.9. The first kappa shape index (κ1) is 65.7. The number of aryl methyl sites for hydroxylation is 3. The fourth-order valence-corrected chi connectivity index (χ4v) is 10.8. The monoisotopic (exact) mass is 1260 g/mol. The smallest absolute Gasteiger partial charge is 0.490 e. The summed E-state index contributed by atoms with van der Waals surface area (Å²) in [4.78, 5) is 105. The Hall–Kier alpha value is -10.7. The average molecular weight is 1260 g/mol. The van der Waals surface area contributed by atoms with Crippen molar-refractivity contribution in [2.45, 2.75) is 89.6 Å². The van der Waals surface area contributed by atoms with E-state index in [1.807, 2.05) is 0 Å². The van der Waals surface area contributed by atoms with E-state index < -0.39 is 70.2 Å². The van der Waals surface area contributed by atoms with Crippen LogP contribution in [0.15, 0.2) is 127 Å². The SMILES string of the molecule is COc1ccc2[nH]c(C)c(CC(=O)N[C@](C)(N)C(=O)Nc3ccc(C(OC(=O)C(F)(F)F)(c4ccc(NC(=O)[C@@](C)(N)NC(=O)Cc5c(C)[nH]c6ccc(OC)cc56)cc4)c4ccc(NC(=O)[C@@](C)(N)NC(=O)Cc5c(C)[nH]c6ccc(OC)cc56)cc4)cc3)c2c1. The van der Waals surface area contributed by atoms with E-state index in [1.54, 1.807) is 75.4 Å². The highest BCUT2D eigenvalue weighted by atomic mass is 19.4. The molecule has 3 aromatic heterocycles. The van der Waals surface area contributed by atoms with Gasteiger partial charge in [0.05, 0.1) is 40.6 Å². The molecule has 9 rings (SSSR count). The van der Waals surface area contributed by atoms with Crippen LogP contribution >= 0.6 is 0 Å². The average Bonchev–Trinajstić information content (AvgIpc) is 1.04. The molecule has 6 amide bonds. The number of amides is 6. The van der Waals surface area contributed by atoms with Gasteiger partial charge in [-0.3, -0.25) is 28.8 Å². The van der Waals surface area contributed by atoms with Crippen LogP contribution in [0.2, 0.25) is 0 Å². The number of fused-ring (bicyclic) bond motifs is 3. The maximum atomic E-state index is 14.7. The number of anilines is 3. The highest BCUT2D eigenvalue weighted by Crippen LogP contribution is 2.44. The molecule has 0 bridgehead atoms. The summed E-state index contributed by atoms with van der Waals surface area (Å²) in [5.41, 5.74) is 16.7. The molecule has 0 fully saturated rings. The van der Waals surface area contributed by atoms with E-state index in [0.29, 0.717) is 51.0 Å². The van der Waals surface area contributed by atoms with Gasteiger partial charge in [-0.25, -0.2) is 4.79 Å². The highest BCUT2D eigenvalue weighted by Gasteiger charge is 2.50. The molecule has 26 heteroatoms. The summed E-state index contributed by atoms with van der Waals surface area (Å²) in [5.74, 6) is -5.42. The van der Waals surface area contributed by atoms with Crippen molar-refractivity contribution < 1.29 is 65.7 Å². The number of benzene rings is 6. The van der Waals surface area contributed by atoms with E-state index in [-0.39, 0.29) is 53.0 Å². The zero-order chi connectivity index (χ0) is 66.8. The number of H-pyrrole nitrogens is 3. The standard InChI is InChI=1S/C66H69F3N12O11/c1-34-46(49-28-43(89-7)22-25-52(49)73-34)31-55(82)79-62(4,70)58(85)76-40-16-10-37(11-17-40)65(92-61(88)66(67,68)69,38-12-18-41(19-13-38)77-59(86)63(5,71)80-56(83)32-47-35(2)74-53-26-23-44(90-8)29-50(47)53)39-14-20-42(21-15-39)78-60(87)64(6,72)81-57(84)33-48-36(3)75-54-27-24-45(91-9)30-51(48)54/h10-30,73-75H,31-33,70-72H2,1-9H3,(H,76,85)(H,77,86)(H,78,87)(H,79,82)(H,80,83)(H,81,84)/t62-,63-,64-/m0/s1. The number of halogens is 3. The number of rotatable bonds is 22. The van der Waals surface area contributed by atoms with Crippen molar-refractivity contribution in [1.82, 2.24) is 30.9 Å². The van der Waals surface area contributed by atoms with Gasteiger partial charge in [-0.2, -0.15) is 13.2 Å². The third kappa shape index (κ3) is 14.0. The number of carbonyl (C=O) groups is 7. The summed E-state index contributed by atoms with van der Waals surface area (Å²) in [7, 11) is 4.54. The van der Waals surface area contributed by atoms with E-state index in [0.717, 1.165) is 32.7 Å². The van der Waals surface area contributed by atoms with E-state index in [4.69, 9.17) is 36.1 Å². The van der Waals surface area contributed by atoms with Gasteiger partial charge < -0.3 is 83.0 Å². The van der Waals surface area contributed by atoms with Crippen LogP contribution in [-0.4, -0.2) is 101 Å². The zero-order valence-electron chi connectivity index (χ0n) is 51.6. The normalized spacial score (nSPS) is 13.6. The van der Waals surface area contributed by atoms with Crippen molar-refractivity contribution in [3.8, 4) is 17.2 Å². The molecule has 6 aromatic carbocycles. The summed E-state index contributed by atoms with van der Waals surface area (Å²) < 4.78 is 65.7. The van der Waals surface area contributed by atoms with Gasteiger partial charge in [0, 0.05) is 83.5 Å². The summed E-state index contributed by atoms with van der Waals surface area (Å²) in [6, 6.07) is 31.5. The van der Waals surface area contributed by atoms with Crippen molar-refractivity contribution in [2.24, 2.45) is 17.2 Å². The number of ether oxygens (including phenoxy) is 4. The summed E-state index contributed by atoms with van der Waals surface area (Å²) in [6.45, 7) is 9.18. The lowest BCUT2D eigenvalue weighted by atomic mass is 9.79. The number of hydrogen-bond donors (Lipinski definition) is 12. The van der Waals surface area contributed by atoms with Crippen LogP contribution in [-0.2, 0) is 63.2 Å². The molecule has 0 saturated carbocycles. The molecule has 15 N–H and O–H groups in total. The van der Waals surface area contributed by atoms with Crippen LogP contribution in [0.4, 0.5) is 30.2 Å². The third-order valence-electron chi connectivity index (χ3n) is 15.7. The summed E-state index contributed by atoms with van der Waals surface area (Å²) >= 11 is 0. The third-order valence-corrected chi connectivity index (χ3v) is 15.7. The molecule has 0 aliphatic carbocycles. The topological polar surface area (TPSA) is 354 Å². The lowest BCUT2D eigenvalue weighted by Crippen LogP contribution is -2.61. The lowest BCUT2D eigenvalue weighted by Gasteiger charge is -2.36. The maximum absolute atomic E-state index is 14.7. The van der Waals surface area contributed by atoms with Crippen molar-refractivity contribution in [1.29, 1.82) is 0 Å². The number of methoxy groups -OCH3 is 3. The lowest BCUT2D eigenvalue weighted by molar-refractivity contribution is -0.209. The number of alkyl halides is 3. The second kappa shape index (κ2) is 25.7. The maximum Gasteiger partial charge on any atom is 0.490 e. The van der Waals surface area contributed by atoms with Crippen molar-refractivity contribution >= 4 is 91.2 Å². The van der Waals surface area contributed by atoms with Crippen LogP contribution < -0.4 is 63.3 Å². The molecule has 480 valence electrons. The summed E-state index contributed by atoms with van der Waals surface area (Å²) in [6.07, 6.45) is -6.09. The molecule has 0 saturated heterocycles. The van der Waals surface area contributed by atoms with Crippen LogP contribution in [0.5, 0.6) is 17.2 Å². The van der Waals surface area contributed by atoms with E-state index in [9.17, 15) is 46.7 Å². The number of nitrogens with one attached hydrogen (secondary N) is 9. The Kier molecular flexibility index (Phi) is 18.3. The van der Waals surface area contributed by atoms with Crippen molar-refractivity contribution in [2.75, 3.05) is 37.3 Å².